The average Bonchev–Trinajstić information content (AvgIpc) is 2.46. The smallest absolute Gasteiger partial charge is 0.174 e. The first-order valence-corrected chi connectivity index (χ1v) is 5.60. The standard InChI is InChI=1S/C14H11N4/c1-2-18-10-13(11-6-4-3-5-7-11)17-12(8-15)14(18)9-16/h3-7,10H,2H2,1H3. The molecule has 18 heavy (non-hydrogen) atoms. The van der Waals surface area contributed by atoms with Gasteiger partial charge in [-0.05, 0) is 6.92 Å². The topological polar surface area (TPSA) is 61.7 Å². The van der Waals surface area contributed by atoms with Gasteiger partial charge in [0.2, 0.25) is 0 Å². The Bertz CT molecular complexity index is 598. The molecule has 0 saturated carbocycles. The molecule has 0 fully saturated rings. The van der Waals surface area contributed by atoms with Crippen molar-refractivity contribution in [1.82, 2.24) is 10.3 Å². The summed E-state index contributed by atoms with van der Waals surface area (Å²) >= 11 is 0. The summed E-state index contributed by atoms with van der Waals surface area (Å²) in [6.07, 6.45) is 1.80. The summed E-state index contributed by atoms with van der Waals surface area (Å²) in [6, 6.07) is 11.6. The minimum absolute atomic E-state index is 0.167. The van der Waals surface area contributed by atoms with Crippen molar-refractivity contribution >= 4 is 17.3 Å². The molecule has 4 nitrogen and oxygen atoms in total. The van der Waals surface area contributed by atoms with Gasteiger partial charge in [-0.3, -0.25) is 0 Å². The number of aliphatic imine (C=N–C) groups is 1. The molecular formula is C14H11N4. The fourth-order valence-electron chi connectivity index (χ4n) is 1.74. The van der Waals surface area contributed by atoms with Crippen molar-refractivity contribution in [2.24, 2.45) is 4.99 Å². The number of nitriles is 1. The minimum Gasteiger partial charge on any atom is -0.336 e. The first-order chi connectivity index (χ1) is 8.80. The van der Waals surface area contributed by atoms with Gasteiger partial charge >= 0.3 is 0 Å². The highest BCUT2D eigenvalue weighted by Crippen LogP contribution is 2.23. The van der Waals surface area contributed by atoms with E-state index in [9.17, 15) is 0 Å². The van der Waals surface area contributed by atoms with Crippen LogP contribution in [-0.4, -0.2) is 23.0 Å². The Kier molecular flexibility index (Phi) is 3.38. The molecule has 0 bridgehead atoms. The molecule has 1 radical (unpaired) electrons. The summed E-state index contributed by atoms with van der Waals surface area (Å²) in [4.78, 5) is 5.98. The second-order valence-corrected chi connectivity index (χ2v) is 3.70. The molecule has 1 heterocycles. The van der Waals surface area contributed by atoms with Gasteiger partial charge in [0.05, 0.1) is 5.70 Å². The van der Waals surface area contributed by atoms with Gasteiger partial charge in [-0.15, -0.1) is 0 Å². The molecule has 1 aromatic rings. The van der Waals surface area contributed by atoms with Crippen molar-refractivity contribution in [3.8, 4) is 6.07 Å². The fourth-order valence-corrected chi connectivity index (χ4v) is 1.74. The largest absolute Gasteiger partial charge is 0.336 e. The zero-order valence-corrected chi connectivity index (χ0v) is 9.96. The summed E-state index contributed by atoms with van der Waals surface area (Å²) in [7, 11) is 0. The van der Waals surface area contributed by atoms with Crippen LogP contribution in [0.2, 0.25) is 0 Å². The second kappa shape index (κ2) is 5.13. The van der Waals surface area contributed by atoms with Crippen LogP contribution in [-0.2, 0) is 0 Å². The van der Waals surface area contributed by atoms with Crippen molar-refractivity contribution in [1.29, 1.82) is 5.26 Å². The molecule has 2 rings (SSSR count). The van der Waals surface area contributed by atoms with E-state index >= 15 is 0 Å². The third kappa shape index (κ3) is 2.08. The van der Waals surface area contributed by atoms with E-state index in [1.165, 1.54) is 0 Å². The Morgan fingerprint density at radius 3 is 2.56 bits per heavy atom. The molecule has 0 atom stereocenters. The van der Waals surface area contributed by atoms with E-state index in [0.29, 0.717) is 17.9 Å². The monoisotopic (exact) mass is 235 g/mol. The Hall–Kier alpha value is -2.63. The van der Waals surface area contributed by atoms with Crippen molar-refractivity contribution < 1.29 is 0 Å². The maximum atomic E-state index is 9.06. The van der Waals surface area contributed by atoms with Gasteiger partial charge in [0.1, 0.15) is 11.8 Å². The SMILES string of the molecule is CCN1C=C(c2ccccc2)N=C(C#N)C1=C=[N]. The van der Waals surface area contributed by atoms with Crippen LogP contribution in [0.4, 0.5) is 0 Å². The van der Waals surface area contributed by atoms with E-state index in [1.807, 2.05) is 49.2 Å². The van der Waals surface area contributed by atoms with Crippen molar-refractivity contribution in [3.05, 3.63) is 47.8 Å². The molecular weight excluding hydrogens is 224 g/mol. The maximum Gasteiger partial charge on any atom is 0.174 e. The van der Waals surface area contributed by atoms with Crippen LogP contribution in [0.1, 0.15) is 12.5 Å². The Balaban J connectivity index is 2.51. The number of rotatable bonds is 2. The highest BCUT2D eigenvalue weighted by molar-refractivity contribution is 6.18. The zero-order valence-electron chi connectivity index (χ0n) is 9.96. The molecule has 1 aromatic carbocycles. The van der Waals surface area contributed by atoms with Crippen LogP contribution in [0.15, 0.2) is 47.2 Å². The number of nitrogens with zero attached hydrogens (tertiary/aromatic N) is 4. The molecule has 1 aliphatic heterocycles. The first kappa shape index (κ1) is 11.8. The molecule has 0 saturated heterocycles. The summed E-state index contributed by atoms with van der Waals surface area (Å²) in [5.41, 5.74) is 2.11. The van der Waals surface area contributed by atoms with Gasteiger partial charge in [-0.2, -0.15) is 5.26 Å². The summed E-state index contributed by atoms with van der Waals surface area (Å²) in [5, 5.41) is 18.1. The lowest BCUT2D eigenvalue weighted by molar-refractivity contribution is 0.519. The highest BCUT2D eigenvalue weighted by Gasteiger charge is 2.19. The lowest BCUT2D eigenvalue weighted by Crippen LogP contribution is -2.26. The van der Waals surface area contributed by atoms with E-state index in [0.717, 1.165) is 5.56 Å². The first-order valence-electron chi connectivity index (χ1n) is 5.60. The molecule has 0 aliphatic carbocycles. The highest BCUT2D eigenvalue weighted by atomic mass is 15.2. The van der Waals surface area contributed by atoms with Gasteiger partial charge in [0.25, 0.3) is 0 Å². The molecule has 0 N–H and O–H groups in total. The predicted molar refractivity (Wildman–Crippen MR) is 70.5 cm³/mol. The van der Waals surface area contributed by atoms with Crippen LogP contribution in [0.25, 0.3) is 5.70 Å². The third-order valence-electron chi connectivity index (χ3n) is 2.64. The molecule has 0 aromatic heterocycles. The Morgan fingerprint density at radius 1 is 1.28 bits per heavy atom. The summed E-state index contributed by atoms with van der Waals surface area (Å²) in [6.45, 7) is 2.55. The van der Waals surface area contributed by atoms with Gasteiger partial charge in [-0.25, -0.2) is 4.99 Å². The van der Waals surface area contributed by atoms with E-state index in [-0.39, 0.29) is 5.71 Å². The third-order valence-corrected chi connectivity index (χ3v) is 2.64. The molecule has 0 spiro atoms. The number of benzene rings is 1. The van der Waals surface area contributed by atoms with Crippen molar-refractivity contribution in [3.63, 3.8) is 0 Å². The summed E-state index contributed by atoms with van der Waals surface area (Å²) < 4.78 is 0. The van der Waals surface area contributed by atoms with Crippen LogP contribution in [0.3, 0.4) is 0 Å². The lowest BCUT2D eigenvalue weighted by Gasteiger charge is -2.23. The van der Waals surface area contributed by atoms with Gasteiger partial charge in [-0.1, -0.05) is 35.7 Å². The molecule has 1 aliphatic rings. The molecule has 0 amide bonds. The summed E-state index contributed by atoms with van der Waals surface area (Å²) in [5.74, 6) is 2.02. The van der Waals surface area contributed by atoms with Crippen LogP contribution in [0.5, 0.6) is 0 Å². The van der Waals surface area contributed by atoms with Gasteiger partial charge < -0.3 is 4.90 Å². The maximum absolute atomic E-state index is 9.06. The fraction of sp³-hybridized carbons (Fsp3) is 0.143. The lowest BCUT2D eigenvalue weighted by atomic mass is 10.1. The number of hydrogen-bond acceptors (Lipinski definition) is 3. The quantitative estimate of drug-likeness (QED) is 0.731. The Morgan fingerprint density at radius 2 is 2.00 bits per heavy atom. The normalized spacial score (nSPS) is 14.4. The zero-order chi connectivity index (χ0) is 13.0. The number of hydrogen-bond donors (Lipinski definition) is 0. The van der Waals surface area contributed by atoms with Gasteiger partial charge in [0.15, 0.2) is 5.71 Å². The van der Waals surface area contributed by atoms with Crippen LogP contribution in [0, 0.1) is 11.3 Å². The van der Waals surface area contributed by atoms with E-state index < -0.39 is 0 Å². The van der Waals surface area contributed by atoms with Crippen molar-refractivity contribution in [2.75, 3.05) is 6.54 Å². The van der Waals surface area contributed by atoms with E-state index in [2.05, 4.69) is 4.99 Å². The molecule has 87 valence electrons. The average molecular weight is 235 g/mol. The molecule has 0 unspecified atom stereocenters. The molecule has 4 heteroatoms. The van der Waals surface area contributed by atoms with Crippen LogP contribution < -0.4 is 5.41 Å². The minimum atomic E-state index is 0.167. The Labute approximate surface area is 106 Å². The number of allylic oxidation sites excluding steroid dienone is 1. The van der Waals surface area contributed by atoms with Gasteiger partial charge in [0, 0.05) is 24.2 Å². The van der Waals surface area contributed by atoms with E-state index in [4.69, 9.17) is 10.7 Å². The van der Waals surface area contributed by atoms with Crippen molar-refractivity contribution in [2.45, 2.75) is 6.92 Å². The second-order valence-electron chi connectivity index (χ2n) is 3.70. The van der Waals surface area contributed by atoms with E-state index in [1.54, 1.807) is 11.1 Å². The predicted octanol–water partition coefficient (Wildman–Crippen LogP) is 1.64. The van der Waals surface area contributed by atoms with Crippen LogP contribution >= 0.6 is 0 Å².